The predicted octanol–water partition coefficient (Wildman–Crippen LogP) is 1.26. The topological polar surface area (TPSA) is 121 Å². The summed E-state index contributed by atoms with van der Waals surface area (Å²) in [7, 11) is -3.13. The minimum atomic E-state index is -3.13. The quantitative estimate of drug-likeness (QED) is 0.470. The summed E-state index contributed by atoms with van der Waals surface area (Å²) in [5.74, 6) is -0.490. The first-order valence-corrected chi connectivity index (χ1v) is 14.4. The molecule has 2 saturated heterocycles. The van der Waals surface area contributed by atoms with Gasteiger partial charge in [-0.3, -0.25) is 14.5 Å². The Hall–Kier alpha value is -2.27. The van der Waals surface area contributed by atoms with Crippen LogP contribution in [0.5, 0.6) is 0 Å². The maximum absolute atomic E-state index is 13.2. The average molecular weight is 505 g/mol. The molecule has 0 saturated carbocycles. The molecule has 1 aromatic heterocycles. The lowest BCUT2D eigenvalue weighted by Gasteiger charge is -2.40. The van der Waals surface area contributed by atoms with E-state index in [0.717, 1.165) is 42.8 Å². The van der Waals surface area contributed by atoms with Crippen molar-refractivity contribution in [1.29, 1.82) is 0 Å². The van der Waals surface area contributed by atoms with E-state index in [-0.39, 0.29) is 53.6 Å². The Bertz CT molecular complexity index is 1230. The molecule has 1 aromatic carbocycles. The van der Waals surface area contributed by atoms with Crippen LogP contribution >= 0.6 is 0 Å². The summed E-state index contributed by atoms with van der Waals surface area (Å²) < 4.78 is 24.2. The zero-order valence-corrected chi connectivity index (χ0v) is 21.4. The van der Waals surface area contributed by atoms with Crippen LogP contribution < -0.4 is 16.2 Å². The summed E-state index contributed by atoms with van der Waals surface area (Å²) in [5.41, 5.74) is 0.709. The lowest BCUT2D eigenvalue weighted by Crippen LogP contribution is -2.53. The summed E-state index contributed by atoms with van der Waals surface area (Å²) in [6.45, 7) is 4.56. The highest BCUT2D eigenvalue weighted by Gasteiger charge is 2.41. The van der Waals surface area contributed by atoms with Crippen LogP contribution in [0.15, 0.2) is 35.1 Å². The minimum Gasteiger partial charge on any atom is -0.390 e. The second-order valence-corrected chi connectivity index (χ2v) is 12.4. The number of piperidine rings is 1. The third-order valence-electron chi connectivity index (χ3n) is 7.09. The van der Waals surface area contributed by atoms with Gasteiger partial charge in [0.1, 0.15) is 5.56 Å². The first-order valence-electron chi connectivity index (χ1n) is 12.3. The molecule has 3 heterocycles. The number of fused-ring (bicyclic) bond motifs is 3. The van der Waals surface area contributed by atoms with Crippen LogP contribution in [0.4, 0.5) is 0 Å². The maximum atomic E-state index is 13.2. The highest BCUT2D eigenvalue weighted by molar-refractivity contribution is 7.90. The molecule has 9 nitrogen and oxygen atoms in total. The van der Waals surface area contributed by atoms with Gasteiger partial charge in [0.2, 0.25) is 0 Å². The standard InChI is InChI=1S/C25H36N4O5S/c1-16(2)29-23-7-5-4-6-17(23)10-22(25(29)32)24(31)27-18-11-19-8-9-20(12-18)28(19)14-21(30)13-26-15-35(3,33)34/h4-7,10,16,18-21,26,30H,8-9,11-15H2,1-3H3,(H,27,31)/t18?,19-,20+,21-/m1/s1. The molecule has 0 radical (unpaired) electrons. The summed E-state index contributed by atoms with van der Waals surface area (Å²) in [5, 5.41) is 17.2. The lowest BCUT2D eigenvalue weighted by atomic mass is 9.96. The number of benzene rings is 1. The van der Waals surface area contributed by atoms with E-state index < -0.39 is 15.9 Å². The van der Waals surface area contributed by atoms with Crippen LogP contribution in [0.2, 0.25) is 0 Å². The molecular weight excluding hydrogens is 468 g/mol. The third-order valence-corrected chi connectivity index (χ3v) is 7.82. The van der Waals surface area contributed by atoms with E-state index in [1.165, 1.54) is 0 Å². The molecule has 0 aliphatic carbocycles. The van der Waals surface area contributed by atoms with Crippen molar-refractivity contribution in [2.45, 2.75) is 69.8 Å². The zero-order valence-electron chi connectivity index (χ0n) is 20.6. The fourth-order valence-electron chi connectivity index (χ4n) is 5.63. The molecule has 2 fully saturated rings. The van der Waals surface area contributed by atoms with E-state index in [9.17, 15) is 23.1 Å². The number of carbonyl (C=O) groups excluding carboxylic acids is 1. The number of nitrogens with zero attached hydrogens (tertiary/aromatic N) is 2. The number of nitrogens with one attached hydrogen (secondary N) is 2. The number of sulfone groups is 1. The molecule has 2 aliphatic heterocycles. The van der Waals surface area contributed by atoms with Crippen LogP contribution in [-0.2, 0) is 9.84 Å². The number of carbonyl (C=O) groups is 1. The molecule has 2 aromatic rings. The number of hydrogen-bond donors (Lipinski definition) is 3. The first-order chi connectivity index (χ1) is 16.5. The fraction of sp³-hybridized carbons (Fsp3) is 0.600. The van der Waals surface area contributed by atoms with Crippen molar-refractivity contribution < 1.29 is 18.3 Å². The smallest absolute Gasteiger partial charge is 0.264 e. The molecule has 2 bridgehead atoms. The number of aliphatic hydroxyl groups excluding tert-OH is 1. The molecule has 4 rings (SSSR count). The number of aliphatic hydroxyl groups is 1. The first kappa shape index (κ1) is 25.8. The van der Waals surface area contributed by atoms with Crippen LogP contribution in [0.1, 0.15) is 55.9 Å². The van der Waals surface area contributed by atoms with Crippen molar-refractivity contribution >= 4 is 26.6 Å². The third kappa shape index (κ3) is 5.94. The molecule has 2 aliphatic rings. The lowest BCUT2D eigenvalue weighted by molar-refractivity contribution is 0.0509. The van der Waals surface area contributed by atoms with Crippen LogP contribution in [0.3, 0.4) is 0 Å². The molecule has 1 unspecified atom stereocenters. The number of para-hydroxylation sites is 1. The maximum Gasteiger partial charge on any atom is 0.264 e. The number of pyridine rings is 1. The van der Waals surface area contributed by atoms with Crippen LogP contribution in [0, 0.1) is 0 Å². The van der Waals surface area contributed by atoms with Crippen molar-refractivity contribution in [3.05, 3.63) is 46.2 Å². The van der Waals surface area contributed by atoms with E-state index in [0.29, 0.717) is 6.54 Å². The van der Waals surface area contributed by atoms with Crippen molar-refractivity contribution in [3.8, 4) is 0 Å². The Morgan fingerprint density at radius 2 is 1.83 bits per heavy atom. The summed E-state index contributed by atoms with van der Waals surface area (Å²) >= 11 is 0. The highest BCUT2D eigenvalue weighted by Crippen LogP contribution is 2.35. The zero-order chi connectivity index (χ0) is 25.3. The van der Waals surface area contributed by atoms with Crippen molar-refractivity contribution in [3.63, 3.8) is 0 Å². The molecule has 3 N–H and O–H groups in total. The molecular formula is C25H36N4O5S. The van der Waals surface area contributed by atoms with E-state index >= 15 is 0 Å². The molecule has 4 atom stereocenters. The van der Waals surface area contributed by atoms with Gasteiger partial charge in [0.25, 0.3) is 11.5 Å². The van der Waals surface area contributed by atoms with Gasteiger partial charge in [-0.15, -0.1) is 0 Å². The van der Waals surface area contributed by atoms with Crippen molar-refractivity contribution in [1.82, 2.24) is 20.1 Å². The second kappa shape index (κ2) is 10.4. The Balaban J connectivity index is 1.41. The van der Waals surface area contributed by atoms with Gasteiger partial charge in [-0.05, 0) is 57.0 Å². The Morgan fingerprint density at radius 1 is 1.17 bits per heavy atom. The molecule has 0 spiro atoms. The van der Waals surface area contributed by atoms with Gasteiger partial charge >= 0.3 is 0 Å². The number of hydrogen-bond acceptors (Lipinski definition) is 7. The van der Waals surface area contributed by atoms with Gasteiger partial charge in [-0.2, -0.15) is 0 Å². The van der Waals surface area contributed by atoms with E-state index in [2.05, 4.69) is 15.5 Å². The largest absolute Gasteiger partial charge is 0.390 e. The SMILES string of the molecule is CC(C)n1c(=O)c(C(=O)NC2C[C@H]3CC[C@@H](C2)N3C[C@H](O)CNCS(C)(=O)=O)cc2ccccc21. The summed E-state index contributed by atoms with van der Waals surface area (Å²) in [6.07, 6.45) is 4.00. The average Bonchev–Trinajstić information content (AvgIpc) is 2.99. The van der Waals surface area contributed by atoms with Crippen LogP contribution in [0.25, 0.3) is 10.9 Å². The fourth-order valence-corrected chi connectivity index (χ4v) is 6.12. The van der Waals surface area contributed by atoms with Crippen molar-refractivity contribution in [2.24, 2.45) is 0 Å². The Kier molecular flexibility index (Phi) is 7.65. The predicted molar refractivity (Wildman–Crippen MR) is 136 cm³/mol. The minimum absolute atomic E-state index is 0.0323. The second-order valence-electron chi connectivity index (χ2n) is 10.3. The van der Waals surface area contributed by atoms with Gasteiger partial charge < -0.3 is 20.3 Å². The number of aromatic nitrogens is 1. The van der Waals surface area contributed by atoms with Crippen LogP contribution in [-0.4, -0.2) is 78.4 Å². The van der Waals surface area contributed by atoms with Gasteiger partial charge in [0.15, 0.2) is 9.84 Å². The number of rotatable bonds is 9. The molecule has 35 heavy (non-hydrogen) atoms. The summed E-state index contributed by atoms with van der Waals surface area (Å²) in [4.78, 5) is 28.7. The Morgan fingerprint density at radius 3 is 2.46 bits per heavy atom. The van der Waals surface area contributed by atoms with Gasteiger partial charge in [-0.25, -0.2) is 8.42 Å². The molecule has 192 valence electrons. The normalized spacial score (nSPS) is 23.6. The van der Waals surface area contributed by atoms with Gasteiger partial charge in [0.05, 0.1) is 17.5 Å². The Labute approximate surface area is 206 Å². The van der Waals surface area contributed by atoms with E-state index in [4.69, 9.17) is 0 Å². The monoisotopic (exact) mass is 504 g/mol. The molecule has 1 amide bonds. The van der Waals surface area contributed by atoms with Crippen molar-refractivity contribution in [2.75, 3.05) is 25.2 Å². The molecule has 10 heteroatoms. The number of amides is 1. The van der Waals surface area contributed by atoms with E-state index in [1.54, 1.807) is 10.6 Å². The highest BCUT2D eigenvalue weighted by atomic mass is 32.2. The van der Waals surface area contributed by atoms with Gasteiger partial charge in [0, 0.05) is 43.5 Å². The van der Waals surface area contributed by atoms with E-state index in [1.807, 2.05) is 38.1 Å². The van der Waals surface area contributed by atoms with Gasteiger partial charge in [-0.1, -0.05) is 18.2 Å². The summed E-state index contributed by atoms with van der Waals surface area (Å²) in [6, 6.07) is 9.68.